The first-order chi connectivity index (χ1) is 8.22. The molecule has 1 unspecified atom stereocenters. The van der Waals surface area contributed by atoms with Gasteiger partial charge in [-0.2, -0.15) is 0 Å². The first-order valence-electron chi connectivity index (χ1n) is 5.83. The standard InChI is InChI=1S/C12H18N4O/c1-15-11(2-5-13)9-16(12(15)17)8-10-3-6-14-7-4-10/h3-4,6-7,11H,2,5,8-9,13H2,1H3. The van der Waals surface area contributed by atoms with Crippen LogP contribution in [0.3, 0.4) is 0 Å². The van der Waals surface area contributed by atoms with Crippen molar-refractivity contribution in [2.75, 3.05) is 20.1 Å². The van der Waals surface area contributed by atoms with Gasteiger partial charge in [0.15, 0.2) is 0 Å². The zero-order valence-corrected chi connectivity index (χ0v) is 10.0. The molecule has 0 bridgehead atoms. The number of likely N-dealkylation sites (N-methyl/N-ethyl adjacent to an activating group) is 1. The molecule has 0 radical (unpaired) electrons. The van der Waals surface area contributed by atoms with E-state index in [1.54, 1.807) is 17.3 Å². The molecule has 1 atom stereocenters. The number of pyridine rings is 1. The molecule has 1 aliphatic rings. The largest absolute Gasteiger partial charge is 0.330 e. The summed E-state index contributed by atoms with van der Waals surface area (Å²) in [6.07, 6.45) is 4.35. The molecule has 17 heavy (non-hydrogen) atoms. The molecular weight excluding hydrogens is 216 g/mol. The zero-order chi connectivity index (χ0) is 12.3. The van der Waals surface area contributed by atoms with E-state index in [4.69, 9.17) is 5.73 Å². The second kappa shape index (κ2) is 5.14. The quantitative estimate of drug-likeness (QED) is 0.832. The average molecular weight is 234 g/mol. The molecular formula is C12H18N4O. The predicted molar refractivity (Wildman–Crippen MR) is 65.3 cm³/mol. The van der Waals surface area contributed by atoms with E-state index in [1.165, 1.54) is 0 Å². The lowest BCUT2D eigenvalue weighted by Crippen LogP contribution is -2.32. The summed E-state index contributed by atoms with van der Waals surface area (Å²) in [5.41, 5.74) is 6.66. The van der Waals surface area contributed by atoms with E-state index in [0.29, 0.717) is 13.1 Å². The molecule has 1 saturated heterocycles. The van der Waals surface area contributed by atoms with Gasteiger partial charge in [-0.25, -0.2) is 4.79 Å². The molecule has 1 fully saturated rings. The summed E-state index contributed by atoms with van der Waals surface area (Å²) in [6.45, 7) is 2.02. The van der Waals surface area contributed by atoms with Crippen molar-refractivity contribution in [2.24, 2.45) is 5.73 Å². The number of nitrogens with two attached hydrogens (primary N) is 1. The lowest BCUT2D eigenvalue weighted by atomic mass is 10.2. The Morgan fingerprint density at radius 2 is 2.18 bits per heavy atom. The van der Waals surface area contributed by atoms with Crippen LogP contribution in [0.15, 0.2) is 24.5 Å². The highest BCUT2D eigenvalue weighted by Gasteiger charge is 2.33. The van der Waals surface area contributed by atoms with Crippen LogP contribution in [0.25, 0.3) is 0 Å². The number of urea groups is 1. The maximum Gasteiger partial charge on any atom is 0.320 e. The Morgan fingerprint density at radius 1 is 1.47 bits per heavy atom. The highest BCUT2D eigenvalue weighted by molar-refractivity contribution is 5.76. The summed E-state index contributed by atoms with van der Waals surface area (Å²) in [6, 6.07) is 4.20. The van der Waals surface area contributed by atoms with Gasteiger partial charge in [0.2, 0.25) is 0 Å². The minimum atomic E-state index is 0.0836. The van der Waals surface area contributed by atoms with Gasteiger partial charge >= 0.3 is 6.03 Å². The minimum absolute atomic E-state index is 0.0836. The number of hydrogen-bond donors (Lipinski definition) is 1. The van der Waals surface area contributed by atoms with E-state index >= 15 is 0 Å². The molecule has 1 aromatic rings. The predicted octanol–water partition coefficient (Wildman–Crippen LogP) is 0.666. The number of carbonyl (C=O) groups is 1. The zero-order valence-electron chi connectivity index (χ0n) is 10.0. The Hall–Kier alpha value is -1.62. The molecule has 1 aliphatic heterocycles. The summed E-state index contributed by atoms with van der Waals surface area (Å²) in [4.78, 5) is 19.6. The first-order valence-corrected chi connectivity index (χ1v) is 5.83. The molecule has 2 rings (SSSR count). The Bertz CT molecular complexity index is 381. The Morgan fingerprint density at radius 3 is 2.82 bits per heavy atom. The highest BCUT2D eigenvalue weighted by Crippen LogP contribution is 2.18. The normalized spacial score (nSPS) is 20.1. The van der Waals surface area contributed by atoms with Crippen molar-refractivity contribution in [3.8, 4) is 0 Å². The average Bonchev–Trinajstić information content (AvgIpc) is 2.60. The van der Waals surface area contributed by atoms with Crippen LogP contribution < -0.4 is 5.73 Å². The van der Waals surface area contributed by atoms with Crippen LogP contribution in [0.4, 0.5) is 4.79 Å². The smallest absolute Gasteiger partial charge is 0.320 e. The fraction of sp³-hybridized carbons (Fsp3) is 0.500. The van der Waals surface area contributed by atoms with Crippen LogP contribution in [0.5, 0.6) is 0 Å². The van der Waals surface area contributed by atoms with Gasteiger partial charge < -0.3 is 15.5 Å². The van der Waals surface area contributed by atoms with Gasteiger partial charge in [0, 0.05) is 32.5 Å². The van der Waals surface area contributed by atoms with Crippen molar-refractivity contribution in [3.63, 3.8) is 0 Å². The van der Waals surface area contributed by atoms with Crippen LogP contribution in [-0.2, 0) is 6.54 Å². The Kier molecular flexibility index (Phi) is 3.58. The second-order valence-corrected chi connectivity index (χ2v) is 4.36. The number of aromatic nitrogens is 1. The fourth-order valence-corrected chi connectivity index (χ4v) is 2.15. The Labute approximate surface area is 101 Å². The lowest BCUT2D eigenvalue weighted by Gasteiger charge is -2.16. The third kappa shape index (κ3) is 2.55. The molecule has 2 amide bonds. The van der Waals surface area contributed by atoms with Crippen LogP contribution in [-0.4, -0.2) is 47.0 Å². The second-order valence-electron chi connectivity index (χ2n) is 4.36. The van der Waals surface area contributed by atoms with Crippen molar-refractivity contribution >= 4 is 6.03 Å². The third-order valence-electron chi connectivity index (χ3n) is 3.17. The van der Waals surface area contributed by atoms with Gasteiger partial charge in [0.25, 0.3) is 0 Å². The maximum absolute atomic E-state index is 12.0. The highest BCUT2D eigenvalue weighted by atomic mass is 16.2. The molecule has 1 aromatic heterocycles. The first kappa shape index (κ1) is 11.9. The van der Waals surface area contributed by atoms with Gasteiger partial charge in [-0.3, -0.25) is 4.98 Å². The summed E-state index contributed by atoms with van der Waals surface area (Å²) in [5, 5.41) is 0. The van der Waals surface area contributed by atoms with Gasteiger partial charge in [-0.15, -0.1) is 0 Å². The third-order valence-corrected chi connectivity index (χ3v) is 3.17. The van der Waals surface area contributed by atoms with Crippen LogP contribution in [0.1, 0.15) is 12.0 Å². The van der Waals surface area contributed by atoms with Crippen molar-refractivity contribution in [3.05, 3.63) is 30.1 Å². The van der Waals surface area contributed by atoms with Gasteiger partial charge in [-0.1, -0.05) is 0 Å². The number of carbonyl (C=O) groups excluding carboxylic acids is 1. The van der Waals surface area contributed by atoms with E-state index in [1.807, 2.05) is 24.1 Å². The molecule has 92 valence electrons. The van der Waals surface area contributed by atoms with E-state index in [-0.39, 0.29) is 12.1 Å². The fourth-order valence-electron chi connectivity index (χ4n) is 2.15. The number of hydrogen-bond acceptors (Lipinski definition) is 3. The van der Waals surface area contributed by atoms with Crippen molar-refractivity contribution in [1.29, 1.82) is 0 Å². The summed E-state index contributed by atoms with van der Waals surface area (Å²) in [7, 11) is 1.84. The van der Waals surface area contributed by atoms with Gasteiger partial charge in [0.1, 0.15) is 0 Å². The summed E-state index contributed by atoms with van der Waals surface area (Å²) >= 11 is 0. The maximum atomic E-state index is 12.0. The van der Waals surface area contributed by atoms with E-state index in [2.05, 4.69) is 4.98 Å². The van der Waals surface area contributed by atoms with Crippen LogP contribution in [0, 0.1) is 0 Å². The van der Waals surface area contributed by atoms with Crippen LogP contribution >= 0.6 is 0 Å². The van der Waals surface area contributed by atoms with Gasteiger partial charge in [-0.05, 0) is 30.7 Å². The molecule has 5 nitrogen and oxygen atoms in total. The summed E-state index contributed by atoms with van der Waals surface area (Å²) < 4.78 is 0. The molecule has 2 N–H and O–H groups in total. The molecule has 0 spiro atoms. The SMILES string of the molecule is CN1C(=O)N(Cc2ccncc2)CC1CCN. The number of rotatable bonds is 4. The number of nitrogens with zero attached hydrogens (tertiary/aromatic N) is 3. The lowest BCUT2D eigenvalue weighted by molar-refractivity contribution is 0.193. The molecule has 0 saturated carbocycles. The minimum Gasteiger partial charge on any atom is -0.330 e. The molecule has 2 heterocycles. The van der Waals surface area contributed by atoms with Crippen molar-refractivity contribution in [1.82, 2.24) is 14.8 Å². The van der Waals surface area contributed by atoms with Crippen LogP contribution in [0.2, 0.25) is 0 Å². The summed E-state index contributed by atoms with van der Waals surface area (Å²) in [5.74, 6) is 0. The van der Waals surface area contributed by atoms with E-state index < -0.39 is 0 Å². The Balaban J connectivity index is 2.01. The van der Waals surface area contributed by atoms with E-state index in [0.717, 1.165) is 18.5 Å². The van der Waals surface area contributed by atoms with Gasteiger partial charge in [0.05, 0.1) is 6.04 Å². The molecule has 0 aromatic carbocycles. The van der Waals surface area contributed by atoms with Crippen molar-refractivity contribution in [2.45, 2.75) is 19.0 Å². The monoisotopic (exact) mass is 234 g/mol. The topological polar surface area (TPSA) is 62.5 Å². The molecule has 0 aliphatic carbocycles. The van der Waals surface area contributed by atoms with E-state index in [9.17, 15) is 4.79 Å². The van der Waals surface area contributed by atoms with Crippen molar-refractivity contribution < 1.29 is 4.79 Å². The molecule has 5 heteroatoms. The number of amides is 2.